The van der Waals surface area contributed by atoms with Gasteiger partial charge in [-0.3, -0.25) is 0 Å². The summed E-state index contributed by atoms with van der Waals surface area (Å²) in [5, 5.41) is 9.04. The van der Waals surface area contributed by atoms with Crippen molar-refractivity contribution in [2.45, 2.75) is 12.8 Å². The predicted octanol–water partition coefficient (Wildman–Crippen LogP) is 3.22. The quantitative estimate of drug-likeness (QED) is 0.789. The smallest absolute Gasteiger partial charge is 0.242 e. The number of halogens is 1. The van der Waals surface area contributed by atoms with E-state index in [0.29, 0.717) is 18.4 Å². The third-order valence-corrected chi connectivity index (χ3v) is 4.26. The summed E-state index contributed by atoms with van der Waals surface area (Å²) in [6.07, 6.45) is 4.22. The van der Waals surface area contributed by atoms with Gasteiger partial charge in [-0.1, -0.05) is 18.2 Å². The SMILES string of the molecule is Cl.c1ccc(-n2nc(OC[C@H]3CCCNC3)c3cccnc32)cc1. The number of hydrogen-bond acceptors (Lipinski definition) is 4. The summed E-state index contributed by atoms with van der Waals surface area (Å²) in [4.78, 5) is 4.48. The van der Waals surface area contributed by atoms with E-state index < -0.39 is 0 Å². The molecule has 1 fully saturated rings. The fourth-order valence-electron chi connectivity index (χ4n) is 3.04. The molecule has 2 aromatic heterocycles. The zero-order valence-electron chi connectivity index (χ0n) is 13.4. The number of benzene rings is 1. The fraction of sp³-hybridized carbons (Fsp3) is 0.333. The molecule has 1 aliphatic heterocycles. The highest BCUT2D eigenvalue weighted by atomic mass is 35.5. The molecule has 1 aromatic carbocycles. The molecule has 4 rings (SSSR count). The van der Waals surface area contributed by atoms with Crippen molar-refractivity contribution in [2.75, 3.05) is 19.7 Å². The van der Waals surface area contributed by atoms with Crippen molar-refractivity contribution >= 4 is 23.4 Å². The van der Waals surface area contributed by atoms with Gasteiger partial charge >= 0.3 is 0 Å². The van der Waals surface area contributed by atoms with Gasteiger partial charge in [0.25, 0.3) is 0 Å². The van der Waals surface area contributed by atoms with Crippen molar-refractivity contribution in [1.82, 2.24) is 20.1 Å². The van der Waals surface area contributed by atoms with Crippen LogP contribution in [0, 0.1) is 5.92 Å². The molecule has 24 heavy (non-hydrogen) atoms. The van der Waals surface area contributed by atoms with E-state index >= 15 is 0 Å². The maximum atomic E-state index is 6.05. The second-order valence-electron chi connectivity index (χ2n) is 5.95. The molecule has 0 radical (unpaired) electrons. The van der Waals surface area contributed by atoms with Gasteiger partial charge in [0, 0.05) is 18.7 Å². The third kappa shape index (κ3) is 3.37. The molecule has 5 nitrogen and oxygen atoms in total. The Morgan fingerprint density at radius 3 is 2.83 bits per heavy atom. The van der Waals surface area contributed by atoms with Gasteiger partial charge in [-0.25, -0.2) is 9.67 Å². The number of para-hydroxylation sites is 1. The van der Waals surface area contributed by atoms with Crippen LogP contribution in [-0.4, -0.2) is 34.5 Å². The number of piperidine rings is 1. The first-order chi connectivity index (χ1) is 11.4. The van der Waals surface area contributed by atoms with Crippen molar-refractivity contribution in [3.8, 4) is 11.6 Å². The van der Waals surface area contributed by atoms with Crippen LogP contribution in [0.1, 0.15) is 12.8 Å². The fourth-order valence-corrected chi connectivity index (χ4v) is 3.04. The van der Waals surface area contributed by atoms with Gasteiger partial charge in [0.05, 0.1) is 17.7 Å². The average Bonchev–Trinajstić information content (AvgIpc) is 3.01. The van der Waals surface area contributed by atoms with Crippen LogP contribution in [0.5, 0.6) is 5.88 Å². The lowest BCUT2D eigenvalue weighted by atomic mass is 10.0. The van der Waals surface area contributed by atoms with E-state index in [1.165, 1.54) is 12.8 Å². The molecule has 1 saturated heterocycles. The van der Waals surface area contributed by atoms with Crippen molar-refractivity contribution in [3.63, 3.8) is 0 Å². The highest BCUT2D eigenvalue weighted by Gasteiger charge is 2.17. The van der Waals surface area contributed by atoms with E-state index in [4.69, 9.17) is 4.74 Å². The molecule has 3 heterocycles. The van der Waals surface area contributed by atoms with Gasteiger partial charge < -0.3 is 10.1 Å². The highest BCUT2D eigenvalue weighted by molar-refractivity contribution is 5.85. The summed E-state index contributed by atoms with van der Waals surface area (Å²) in [6.45, 7) is 2.84. The standard InChI is InChI=1S/C18H20N4O.ClH/c1-2-7-15(8-3-1)22-17-16(9-5-11-20-17)18(21-22)23-13-14-6-4-10-19-12-14;/h1-3,5,7-9,11,14,19H,4,6,10,12-13H2;1H/t14-;/m0./s1. The van der Waals surface area contributed by atoms with E-state index in [1.54, 1.807) is 6.20 Å². The van der Waals surface area contributed by atoms with E-state index in [0.717, 1.165) is 29.8 Å². The first kappa shape index (κ1) is 16.7. The minimum absolute atomic E-state index is 0. The first-order valence-corrected chi connectivity index (χ1v) is 8.14. The molecule has 6 heteroatoms. The number of ether oxygens (including phenoxy) is 1. The topological polar surface area (TPSA) is 52.0 Å². The van der Waals surface area contributed by atoms with Crippen LogP contribution in [0.25, 0.3) is 16.7 Å². The number of pyridine rings is 1. The highest BCUT2D eigenvalue weighted by Crippen LogP contribution is 2.26. The maximum absolute atomic E-state index is 6.05. The normalized spacial score (nSPS) is 17.4. The monoisotopic (exact) mass is 344 g/mol. The Hall–Kier alpha value is -2.11. The molecule has 0 bridgehead atoms. The van der Waals surface area contributed by atoms with Crippen LogP contribution >= 0.6 is 12.4 Å². The van der Waals surface area contributed by atoms with Crippen LogP contribution in [0.3, 0.4) is 0 Å². The molecule has 0 unspecified atom stereocenters. The predicted molar refractivity (Wildman–Crippen MR) is 97.2 cm³/mol. The number of fused-ring (bicyclic) bond motifs is 1. The second kappa shape index (κ2) is 7.64. The van der Waals surface area contributed by atoms with E-state index in [-0.39, 0.29) is 12.4 Å². The molecular weight excluding hydrogens is 324 g/mol. The minimum atomic E-state index is 0. The molecule has 0 aliphatic carbocycles. The zero-order chi connectivity index (χ0) is 15.5. The van der Waals surface area contributed by atoms with Gasteiger partial charge in [-0.05, 0) is 43.7 Å². The third-order valence-electron chi connectivity index (χ3n) is 4.26. The molecule has 1 atom stereocenters. The molecule has 3 aromatic rings. The van der Waals surface area contributed by atoms with E-state index in [1.807, 2.05) is 47.1 Å². The lowest BCUT2D eigenvalue weighted by molar-refractivity contribution is 0.213. The summed E-state index contributed by atoms with van der Waals surface area (Å²) < 4.78 is 7.90. The lowest BCUT2D eigenvalue weighted by Crippen LogP contribution is -2.33. The first-order valence-electron chi connectivity index (χ1n) is 8.14. The summed E-state index contributed by atoms with van der Waals surface area (Å²) in [5.74, 6) is 1.22. The Labute approximate surface area is 147 Å². The summed E-state index contributed by atoms with van der Waals surface area (Å²) >= 11 is 0. The Morgan fingerprint density at radius 1 is 1.17 bits per heavy atom. The van der Waals surface area contributed by atoms with Crippen LogP contribution in [0.15, 0.2) is 48.7 Å². The van der Waals surface area contributed by atoms with Gasteiger partial charge in [-0.15, -0.1) is 17.5 Å². The minimum Gasteiger partial charge on any atom is -0.476 e. The van der Waals surface area contributed by atoms with Crippen molar-refractivity contribution in [2.24, 2.45) is 5.92 Å². The van der Waals surface area contributed by atoms with Gasteiger partial charge in [0.15, 0.2) is 5.65 Å². The summed E-state index contributed by atoms with van der Waals surface area (Å²) in [6, 6.07) is 14.0. The molecular formula is C18H21ClN4O. The summed E-state index contributed by atoms with van der Waals surface area (Å²) in [7, 11) is 0. The number of nitrogens with one attached hydrogen (secondary N) is 1. The van der Waals surface area contributed by atoms with E-state index in [9.17, 15) is 0 Å². The van der Waals surface area contributed by atoms with Crippen molar-refractivity contribution in [1.29, 1.82) is 0 Å². The molecule has 126 valence electrons. The molecule has 1 N–H and O–H groups in total. The van der Waals surface area contributed by atoms with Crippen molar-refractivity contribution < 1.29 is 4.74 Å². The number of nitrogens with zero attached hydrogens (tertiary/aromatic N) is 3. The van der Waals surface area contributed by atoms with Crippen LogP contribution < -0.4 is 10.1 Å². The zero-order valence-corrected chi connectivity index (χ0v) is 14.2. The maximum Gasteiger partial charge on any atom is 0.242 e. The van der Waals surface area contributed by atoms with E-state index in [2.05, 4.69) is 15.4 Å². The number of rotatable bonds is 4. The largest absolute Gasteiger partial charge is 0.476 e. The Kier molecular flexibility index (Phi) is 5.33. The van der Waals surface area contributed by atoms with Gasteiger partial charge in [0.2, 0.25) is 5.88 Å². The molecule has 0 amide bonds. The molecule has 1 aliphatic rings. The molecule has 0 saturated carbocycles. The number of aromatic nitrogens is 3. The number of hydrogen-bond donors (Lipinski definition) is 1. The van der Waals surface area contributed by atoms with Crippen LogP contribution in [0.4, 0.5) is 0 Å². The van der Waals surface area contributed by atoms with Gasteiger partial charge in [0.1, 0.15) is 0 Å². The Morgan fingerprint density at radius 2 is 2.04 bits per heavy atom. The van der Waals surface area contributed by atoms with Crippen LogP contribution in [-0.2, 0) is 0 Å². The molecule has 0 spiro atoms. The second-order valence-corrected chi connectivity index (χ2v) is 5.95. The average molecular weight is 345 g/mol. The van der Waals surface area contributed by atoms with Crippen LogP contribution in [0.2, 0.25) is 0 Å². The summed E-state index contributed by atoms with van der Waals surface area (Å²) in [5.41, 5.74) is 1.82. The Bertz CT molecular complexity index is 784. The Balaban J connectivity index is 0.00000169. The van der Waals surface area contributed by atoms with Gasteiger partial charge in [-0.2, -0.15) is 0 Å². The lowest BCUT2D eigenvalue weighted by Gasteiger charge is -2.22. The van der Waals surface area contributed by atoms with Crippen molar-refractivity contribution in [3.05, 3.63) is 48.7 Å².